The van der Waals surface area contributed by atoms with Crippen molar-refractivity contribution in [2.45, 2.75) is 9.79 Å². The Bertz CT molecular complexity index is 1200. The summed E-state index contributed by atoms with van der Waals surface area (Å²) in [5, 5.41) is 20.5. The van der Waals surface area contributed by atoms with Crippen LogP contribution < -0.4 is 0 Å². The number of halogens is 1. The summed E-state index contributed by atoms with van der Waals surface area (Å²) in [4.78, 5) is 14.7. The van der Waals surface area contributed by atoms with Gasteiger partial charge in [-0.25, -0.2) is 0 Å². The summed E-state index contributed by atoms with van der Waals surface area (Å²) >= 11 is 5.03. The molecule has 0 amide bonds. The fourth-order valence-corrected chi connectivity index (χ4v) is 4.31. The van der Waals surface area contributed by atoms with E-state index in [1.807, 2.05) is 60.7 Å². The molecule has 122 valence electrons. The van der Waals surface area contributed by atoms with Gasteiger partial charge in [0.25, 0.3) is 0 Å². The zero-order valence-electron chi connectivity index (χ0n) is 13.3. The monoisotopic (exact) mass is 416 g/mol. The first-order valence-electron chi connectivity index (χ1n) is 7.72. The van der Waals surface area contributed by atoms with Gasteiger partial charge in [-0.3, -0.25) is 4.79 Å². The highest BCUT2D eigenvalue weighted by molar-refractivity contribution is 9.10. The third-order valence-corrected chi connectivity index (χ3v) is 5.87. The van der Waals surface area contributed by atoms with Crippen molar-refractivity contribution in [1.29, 1.82) is 10.5 Å². The Kier molecular flexibility index (Phi) is 4.12. The van der Waals surface area contributed by atoms with Crippen molar-refractivity contribution in [3.63, 3.8) is 0 Å². The van der Waals surface area contributed by atoms with Gasteiger partial charge in [0.2, 0.25) is 5.78 Å². The smallest absolute Gasteiger partial charge is 0.205 e. The second-order valence-corrected chi connectivity index (χ2v) is 7.73. The Hall–Kier alpha value is -2.86. The quantitative estimate of drug-likeness (QED) is 0.533. The second kappa shape index (κ2) is 6.46. The molecular formula is C21H9BrN2OS. The minimum absolute atomic E-state index is 0.0826. The van der Waals surface area contributed by atoms with Gasteiger partial charge in [-0.2, -0.15) is 10.5 Å². The van der Waals surface area contributed by atoms with E-state index in [0.29, 0.717) is 11.1 Å². The maximum Gasteiger partial charge on any atom is 0.205 e. The molecule has 3 aromatic rings. The predicted octanol–water partition coefficient (Wildman–Crippen LogP) is 5.75. The number of carbonyl (C=O) groups is 1. The molecule has 3 aromatic carbocycles. The van der Waals surface area contributed by atoms with Crippen molar-refractivity contribution in [2.24, 2.45) is 0 Å². The molecule has 0 heterocycles. The topological polar surface area (TPSA) is 64.7 Å². The van der Waals surface area contributed by atoms with Gasteiger partial charge >= 0.3 is 0 Å². The van der Waals surface area contributed by atoms with Crippen molar-refractivity contribution >= 4 is 49.8 Å². The van der Waals surface area contributed by atoms with Crippen LogP contribution in [0.15, 0.2) is 74.4 Å². The number of allylic oxidation sites excluding steroid dienone is 2. The summed E-state index contributed by atoms with van der Waals surface area (Å²) in [7, 11) is 0. The van der Waals surface area contributed by atoms with Gasteiger partial charge < -0.3 is 0 Å². The zero-order valence-corrected chi connectivity index (χ0v) is 15.7. The molecule has 3 nitrogen and oxygen atoms in total. The molecule has 0 atom stereocenters. The van der Waals surface area contributed by atoms with Crippen LogP contribution in [0, 0.1) is 22.7 Å². The Morgan fingerprint density at radius 1 is 0.846 bits per heavy atom. The molecule has 0 spiro atoms. The Morgan fingerprint density at radius 2 is 1.58 bits per heavy atom. The minimum atomic E-state index is -0.382. The summed E-state index contributed by atoms with van der Waals surface area (Å²) < 4.78 is 1.01. The summed E-state index contributed by atoms with van der Waals surface area (Å²) in [5.74, 6) is -0.382. The molecule has 0 radical (unpaired) electrons. The number of hydrogen-bond donors (Lipinski definition) is 0. The van der Waals surface area contributed by atoms with E-state index in [1.54, 1.807) is 17.8 Å². The van der Waals surface area contributed by atoms with Crippen LogP contribution >= 0.6 is 27.7 Å². The van der Waals surface area contributed by atoms with E-state index in [-0.39, 0.29) is 16.9 Å². The van der Waals surface area contributed by atoms with E-state index in [1.165, 1.54) is 0 Å². The number of nitriles is 2. The van der Waals surface area contributed by atoms with Gasteiger partial charge in [0.1, 0.15) is 17.7 Å². The first kappa shape index (κ1) is 16.6. The van der Waals surface area contributed by atoms with Gasteiger partial charge in [0, 0.05) is 30.8 Å². The van der Waals surface area contributed by atoms with Crippen LogP contribution in [0.25, 0.3) is 16.3 Å². The van der Waals surface area contributed by atoms with E-state index < -0.39 is 0 Å². The highest BCUT2D eigenvalue weighted by Crippen LogP contribution is 2.41. The second-order valence-electron chi connectivity index (χ2n) is 5.70. The van der Waals surface area contributed by atoms with Crippen molar-refractivity contribution in [3.05, 3.63) is 75.8 Å². The largest absolute Gasteiger partial charge is 0.288 e. The summed E-state index contributed by atoms with van der Waals surface area (Å²) in [5.41, 5.74) is 1.20. The Labute approximate surface area is 162 Å². The highest BCUT2D eigenvalue weighted by Gasteiger charge is 2.28. The normalized spacial score (nSPS) is 12.8. The van der Waals surface area contributed by atoms with Gasteiger partial charge in [0.05, 0.1) is 5.57 Å². The average molecular weight is 417 g/mol. The van der Waals surface area contributed by atoms with Crippen LogP contribution in [-0.4, -0.2) is 5.78 Å². The number of carbonyl (C=O) groups excluding carboxylic acids is 1. The van der Waals surface area contributed by atoms with Crippen LogP contribution in [0.4, 0.5) is 0 Å². The number of rotatable bonds is 2. The molecule has 0 saturated carbocycles. The third-order valence-electron chi connectivity index (χ3n) is 4.26. The molecular weight excluding hydrogens is 408 g/mol. The van der Waals surface area contributed by atoms with Crippen molar-refractivity contribution in [3.8, 4) is 12.1 Å². The predicted molar refractivity (Wildman–Crippen MR) is 105 cm³/mol. The lowest BCUT2D eigenvalue weighted by atomic mass is 9.83. The SMILES string of the molecule is N#CC1=C(C#N)c2ccc(Sc3ccc(Br)cc3)c3cccc(c23)C1=O. The van der Waals surface area contributed by atoms with E-state index in [0.717, 1.165) is 25.0 Å². The van der Waals surface area contributed by atoms with Gasteiger partial charge in [-0.1, -0.05) is 52.0 Å². The average Bonchev–Trinajstić information content (AvgIpc) is 2.67. The molecule has 0 aliphatic heterocycles. The fraction of sp³-hybridized carbons (Fsp3) is 0. The molecule has 1 aliphatic carbocycles. The fourth-order valence-electron chi connectivity index (χ4n) is 3.10. The maximum absolute atomic E-state index is 12.7. The number of benzene rings is 3. The number of Topliss-reactive ketones (excluding diaryl/α,β-unsaturated/α-hetero) is 1. The molecule has 4 rings (SSSR count). The molecule has 0 N–H and O–H groups in total. The molecule has 0 fully saturated rings. The number of ketones is 1. The highest BCUT2D eigenvalue weighted by atomic mass is 79.9. The van der Waals surface area contributed by atoms with E-state index in [9.17, 15) is 15.3 Å². The van der Waals surface area contributed by atoms with Crippen LogP contribution in [0.2, 0.25) is 0 Å². The van der Waals surface area contributed by atoms with Crippen LogP contribution in [0.1, 0.15) is 15.9 Å². The third kappa shape index (κ3) is 2.54. The zero-order chi connectivity index (χ0) is 18.3. The molecule has 0 unspecified atom stereocenters. The van der Waals surface area contributed by atoms with Crippen molar-refractivity contribution < 1.29 is 4.79 Å². The van der Waals surface area contributed by atoms with Gasteiger partial charge in [-0.15, -0.1) is 0 Å². The van der Waals surface area contributed by atoms with Gasteiger partial charge in [-0.05, 0) is 35.7 Å². The standard InChI is InChI=1S/C21H9BrN2OS/c22-12-4-6-13(7-5-12)26-19-9-8-14-17(10-23)18(11-24)21(25)16-3-1-2-15(19)20(14)16/h1-9H. The molecule has 0 saturated heterocycles. The summed E-state index contributed by atoms with van der Waals surface area (Å²) in [6.07, 6.45) is 0. The molecule has 1 aliphatic rings. The van der Waals surface area contributed by atoms with Crippen molar-refractivity contribution in [1.82, 2.24) is 0 Å². The summed E-state index contributed by atoms with van der Waals surface area (Å²) in [6.45, 7) is 0. The lowest BCUT2D eigenvalue weighted by molar-refractivity contribution is 0.104. The molecule has 0 aromatic heterocycles. The van der Waals surface area contributed by atoms with Crippen LogP contribution in [0.5, 0.6) is 0 Å². The first-order valence-corrected chi connectivity index (χ1v) is 9.33. The molecule has 5 heteroatoms. The van der Waals surface area contributed by atoms with E-state index in [2.05, 4.69) is 15.9 Å². The Morgan fingerprint density at radius 3 is 2.27 bits per heavy atom. The minimum Gasteiger partial charge on any atom is -0.288 e. The van der Waals surface area contributed by atoms with Gasteiger partial charge in [0.15, 0.2) is 0 Å². The van der Waals surface area contributed by atoms with Crippen molar-refractivity contribution in [2.75, 3.05) is 0 Å². The summed E-state index contributed by atoms with van der Waals surface area (Å²) in [6, 6.07) is 21.2. The number of hydrogen-bond acceptors (Lipinski definition) is 4. The molecule has 0 bridgehead atoms. The maximum atomic E-state index is 12.7. The Balaban J connectivity index is 1.96. The van der Waals surface area contributed by atoms with Crippen LogP contribution in [0.3, 0.4) is 0 Å². The lowest BCUT2D eigenvalue weighted by Crippen LogP contribution is -2.11. The van der Waals surface area contributed by atoms with Crippen LogP contribution in [-0.2, 0) is 0 Å². The first-order chi connectivity index (χ1) is 12.6. The van der Waals surface area contributed by atoms with E-state index in [4.69, 9.17) is 0 Å². The number of nitrogens with zero attached hydrogens (tertiary/aromatic N) is 2. The molecule has 26 heavy (non-hydrogen) atoms. The van der Waals surface area contributed by atoms with E-state index >= 15 is 0 Å². The lowest BCUT2D eigenvalue weighted by Gasteiger charge is -2.18.